The van der Waals surface area contributed by atoms with E-state index in [1.807, 2.05) is 49.4 Å². The average Bonchev–Trinajstić information content (AvgIpc) is 2.91. The second-order valence-electron chi connectivity index (χ2n) is 9.43. The largest absolute Gasteiger partial charge is 0.489 e. The summed E-state index contributed by atoms with van der Waals surface area (Å²) in [6, 6.07) is 14.0. The lowest BCUT2D eigenvalue weighted by Gasteiger charge is -2.24. The third kappa shape index (κ3) is 6.96. The van der Waals surface area contributed by atoms with E-state index in [0.29, 0.717) is 24.5 Å². The van der Waals surface area contributed by atoms with E-state index in [1.165, 1.54) is 0 Å². The maximum absolute atomic E-state index is 11.8. The van der Waals surface area contributed by atoms with E-state index in [4.69, 9.17) is 9.47 Å². The Labute approximate surface area is 221 Å². The Bertz CT molecular complexity index is 1300. The van der Waals surface area contributed by atoms with Crippen molar-refractivity contribution in [2.45, 2.75) is 60.0 Å². The van der Waals surface area contributed by atoms with Gasteiger partial charge in [-0.3, -0.25) is 4.79 Å². The lowest BCUT2D eigenvalue weighted by Crippen LogP contribution is -2.26. The van der Waals surface area contributed by atoms with E-state index in [9.17, 15) is 10.1 Å². The Kier molecular flexibility index (Phi) is 9.83. The zero-order chi connectivity index (χ0) is 26.9. The van der Waals surface area contributed by atoms with Gasteiger partial charge in [0.25, 0.3) is 0 Å². The molecule has 1 aliphatic rings. The molecule has 0 atom stereocenters. The number of nitriles is 1. The summed E-state index contributed by atoms with van der Waals surface area (Å²) in [6.07, 6.45) is 8.72. The van der Waals surface area contributed by atoms with E-state index in [-0.39, 0.29) is 11.9 Å². The fourth-order valence-electron chi connectivity index (χ4n) is 4.58. The number of aryl methyl sites for hydroxylation is 1. The van der Waals surface area contributed by atoms with Gasteiger partial charge in [-0.2, -0.15) is 5.26 Å². The monoisotopic (exact) mass is 495 g/mol. The molecule has 0 spiro atoms. The Hall–Kier alpha value is -3.68. The van der Waals surface area contributed by atoms with Gasteiger partial charge < -0.3 is 9.47 Å². The van der Waals surface area contributed by atoms with Crippen LogP contribution in [-0.2, 0) is 11.2 Å². The van der Waals surface area contributed by atoms with Crippen LogP contribution in [0.4, 0.5) is 0 Å². The van der Waals surface area contributed by atoms with Crippen LogP contribution in [0, 0.1) is 11.3 Å². The number of carbonyl (C=O) groups excluding carboxylic acids is 1. The van der Waals surface area contributed by atoms with Crippen molar-refractivity contribution in [1.29, 1.82) is 5.26 Å². The predicted molar refractivity (Wildman–Crippen MR) is 152 cm³/mol. The molecule has 0 saturated carbocycles. The van der Waals surface area contributed by atoms with Crippen LogP contribution in [0.2, 0.25) is 0 Å². The molecule has 0 aromatic heterocycles. The fourth-order valence-corrected chi connectivity index (χ4v) is 4.58. The van der Waals surface area contributed by atoms with Gasteiger partial charge in [0.05, 0.1) is 18.8 Å². The van der Waals surface area contributed by atoms with E-state index < -0.39 is 0 Å². The first kappa shape index (κ1) is 27.9. The Morgan fingerprint density at radius 2 is 1.84 bits per heavy atom. The number of allylic oxidation sites excluding steroid dienone is 7. The van der Waals surface area contributed by atoms with Gasteiger partial charge in [-0.15, -0.1) is 0 Å². The van der Waals surface area contributed by atoms with E-state index in [2.05, 4.69) is 45.6 Å². The van der Waals surface area contributed by atoms with Gasteiger partial charge in [0.2, 0.25) is 0 Å². The second kappa shape index (κ2) is 13.0. The zero-order valence-corrected chi connectivity index (χ0v) is 22.7. The highest BCUT2D eigenvalue weighted by Crippen LogP contribution is 2.32. The van der Waals surface area contributed by atoms with Gasteiger partial charge in [0, 0.05) is 18.4 Å². The molecule has 2 aromatic carbocycles. The molecule has 0 amide bonds. The summed E-state index contributed by atoms with van der Waals surface area (Å²) < 4.78 is 11.6. The number of benzene rings is 2. The summed E-state index contributed by atoms with van der Waals surface area (Å²) in [5.74, 6) is 0.689. The van der Waals surface area contributed by atoms with Gasteiger partial charge in [-0.05, 0) is 91.3 Å². The van der Waals surface area contributed by atoms with Crippen LogP contribution >= 0.6 is 0 Å². The van der Waals surface area contributed by atoms with Crippen molar-refractivity contribution >= 4 is 16.9 Å². The summed E-state index contributed by atoms with van der Waals surface area (Å²) in [5, 5.41) is 9.84. The van der Waals surface area contributed by atoms with Crippen molar-refractivity contribution in [2.24, 2.45) is 0 Å². The van der Waals surface area contributed by atoms with Crippen LogP contribution in [0.1, 0.15) is 80.1 Å². The van der Waals surface area contributed by atoms with Crippen LogP contribution in [0.15, 0.2) is 72.4 Å². The second-order valence-corrected chi connectivity index (χ2v) is 9.43. The summed E-state index contributed by atoms with van der Waals surface area (Å²) in [7, 11) is 0. The SMILES string of the molecule is C=C(/C=C(\C)c1ccc(C(C)=O)cc1CC)/C(C)=C(\C=C/C)c1ccc(OC2CCOCC2)c(C#N)c1. The Morgan fingerprint density at radius 1 is 1.14 bits per heavy atom. The third-order valence-corrected chi connectivity index (χ3v) is 6.80. The van der Waals surface area contributed by atoms with Crippen molar-refractivity contribution in [2.75, 3.05) is 13.2 Å². The first-order valence-electron chi connectivity index (χ1n) is 12.9. The van der Waals surface area contributed by atoms with Crippen molar-refractivity contribution in [3.8, 4) is 11.8 Å². The van der Waals surface area contributed by atoms with Crippen LogP contribution in [0.5, 0.6) is 5.75 Å². The lowest BCUT2D eigenvalue weighted by atomic mass is 9.91. The number of carbonyl (C=O) groups is 1. The molecule has 37 heavy (non-hydrogen) atoms. The molecule has 192 valence electrons. The number of hydrogen-bond acceptors (Lipinski definition) is 4. The van der Waals surface area contributed by atoms with Crippen LogP contribution in [0.25, 0.3) is 11.1 Å². The maximum atomic E-state index is 11.8. The summed E-state index contributed by atoms with van der Waals surface area (Å²) in [6.45, 7) is 15.5. The Morgan fingerprint density at radius 3 is 2.46 bits per heavy atom. The molecular weight excluding hydrogens is 458 g/mol. The topological polar surface area (TPSA) is 59.3 Å². The standard InChI is InChI=1S/C33H37NO3/c1-7-9-32(28-11-13-33(29(20-28)21-34)37-30-14-16-36-17-15-30)24(5)22(3)18-23(4)31-12-10-27(25(6)35)19-26(31)8-2/h7,9-13,18-20,30H,3,8,14-17H2,1-2,4-6H3/b9-7-,23-18+,32-24+. The number of rotatable bonds is 9. The fraction of sp³-hybridized carbons (Fsp3) is 0.333. The molecule has 0 bridgehead atoms. The highest BCUT2D eigenvalue weighted by Gasteiger charge is 2.18. The molecule has 1 saturated heterocycles. The van der Waals surface area contributed by atoms with E-state index in [1.54, 1.807) is 6.92 Å². The van der Waals surface area contributed by atoms with Crippen LogP contribution in [-0.4, -0.2) is 25.1 Å². The van der Waals surface area contributed by atoms with Gasteiger partial charge in [-0.1, -0.05) is 49.9 Å². The average molecular weight is 496 g/mol. The molecule has 0 N–H and O–H groups in total. The summed E-state index contributed by atoms with van der Waals surface area (Å²) >= 11 is 0. The summed E-state index contributed by atoms with van der Waals surface area (Å²) in [5.41, 5.74) is 8.48. The molecule has 4 heteroatoms. The summed E-state index contributed by atoms with van der Waals surface area (Å²) in [4.78, 5) is 11.8. The van der Waals surface area contributed by atoms with Crippen molar-refractivity contribution in [3.05, 3.63) is 100 Å². The minimum atomic E-state index is 0.0722. The molecule has 4 nitrogen and oxygen atoms in total. The molecule has 2 aromatic rings. The minimum absolute atomic E-state index is 0.0722. The van der Waals surface area contributed by atoms with Crippen molar-refractivity contribution < 1.29 is 14.3 Å². The molecule has 0 unspecified atom stereocenters. The molecular formula is C33H37NO3. The van der Waals surface area contributed by atoms with E-state index >= 15 is 0 Å². The number of Topliss-reactive ketones (excluding diaryl/α,β-unsaturated/α-hetero) is 1. The minimum Gasteiger partial charge on any atom is -0.489 e. The van der Waals surface area contributed by atoms with Gasteiger partial charge in [0.1, 0.15) is 17.9 Å². The molecule has 1 aliphatic heterocycles. The molecule has 0 aliphatic carbocycles. The van der Waals surface area contributed by atoms with Crippen LogP contribution < -0.4 is 4.74 Å². The maximum Gasteiger partial charge on any atom is 0.159 e. The van der Waals surface area contributed by atoms with Gasteiger partial charge >= 0.3 is 0 Å². The zero-order valence-electron chi connectivity index (χ0n) is 22.7. The first-order valence-corrected chi connectivity index (χ1v) is 12.9. The predicted octanol–water partition coefficient (Wildman–Crippen LogP) is 7.89. The van der Waals surface area contributed by atoms with Gasteiger partial charge in [-0.25, -0.2) is 0 Å². The number of hydrogen-bond donors (Lipinski definition) is 0. The normalized spacial score (nSPS) is 15.3. The smallest absolute Gasteiger partial charge is 0.159 e. The first-order chi connectivity index (χ1) is 17.8. The quantitative estimate of drug-likeness (QED) is 0.262. The Balaban J connectivity index is 1.95. The van der Waals surface area contributed by atoms with Gasteiger partial charge in [0.15, 0.2) is 5.78 Å². The van der Waals surface area contributed by atoms with Crippen LogP contribution in [0.3, 0.4) is 0 Å². The number of ether oxygens (including phenoxy) is 2. The van der Waals surface area contributed by atoms with Crippen molar-refractivity contribution in [1.82, 2.24) is 0 Å². The highest BCUT2D eigenvalue weighted by molar-refractivity contribution is 5.94. The van der Waals surface area contributed by atoms with Crippen molar-refractivity contribution in [3.63, 3.8) is 0 Å². The molecule has 0 radical (unpaired) electrons. The molecule has 1 fully saturated rings. The van der Waals surface area contributed by atoms with E-state index in [0.717, 1.165) is 63.8 Å². The lowest BCUT2D eigenvalue weighted by molar-refractivity contribution is 0.0254. The third-order valence-electron chi connectivity index (χ3n) is 6.80. The molecule has 3 rings (SSSR count). The number of nitrogens with zero attached hydrogens (tertiary/aromatic N) is 1. The molecule has 1 heterocycles. The number of ketones is 1. The highest BCUT2D eigenvalue weighted by atomic mass is 16.5.